The Balaban J connectivity index is 2.66. The molecule has 0 radical (unpaired) electrons. The Morgan fingerprint density at radius 3 is 2.93 bits per heavy atom. The molecule has 0 saturated heterocycles. The van der Waals surface area contributed by atoms with Gasteiger partial charge in [0.1, 0.15) is 15.9 Å². The molecular formula is C7H7N3O3S2. The van der Waals surface area contributed by atoms with Crippen LogP contribution in [0.3, 0.4) is 0 Å². The smallest absolute Gasteiger partial charge is 0.264 e. The van der Waals surface area contributed by atoms with E-state index >= 15 is 0 Å². The second-order valence-electron chi connectivity index (χ2n) is 2.68. The third-order valence-corrected chi connectivity index (χ3v) is 3.57. The van der Waals surface area contributed by atoms with Gasteiger partial charge in [-0.15, -0.1) is 0 Å². The molecule has 8 heteroatoms. The molecule has 1 aromatic carbocycles. The van der Waals surface area contributed by atoms with Gasteiger partial charge in [-0.05, 0) is 12.1 Å². The molecule has 6 nitrogen and oxygen atoms in total. The maximum Gasteiger partial charge on any atom is 0.264 e. The Hall–Kier alpha value is -1.09. The van der Waals surface area contributed by atoms with Crippen molar-refractivity contribution in [1.82, 2.24) is 13.6 Å². The fourth-order valence-corrected chi connectivity index (χ4v) is 2.73. The molecule has 80 valence electrons. The van der Waals surface area contributed by atoms with Crippen molar-refractivity contribution in [2.45, 2.75) is 4.90 Å². The van der Waals surface area contributed by atoms with Gasteiger partial charge in [0.05, 0.1) is 18.8 Å². The molecule has 0 fully saturated rings. The highest BCUT2D eigenvalue weighted by Crippen LogP contribution is 2.20. The summed E-state index contributed by atoms with van der Waals surface area (Å²) in [6.45, 7) is 0. The van der Waals surface area contributed by atoms with Gasteiger partial charge in [0.2, 0.25) is 0 Å². The molecule has 15 heavy (non-hydrogen) atoms. The molecule has 0 saturated carbocycles. The van der Waals surface area contributed by atoms with Gasteiger partial charge in [0.15, 0.2) is 0 Å². The summed E-state index contributed by atoms with van der Waals surface area (Å²) in [6, 6.07) is 4.75. The Kier molecular flexibility index (Phi) is 2.65. The fraction of sp³-hybridized carbons (Fsp3) is 0.143. The molecule has 0 atom stereocenters. The summed E-state index contributed by atoms with van der Waals surface area (Å²) < 4.78 is 31.2. The third-order valence-electron chi connectivity index (χ3n) is 1.73. The van der Waals surface area contributed by atoms with E-state index in [4.69, 9.17) is 0 Å². The van der Waals surface area contributed by atoms with Crippen molar-refractivity contribution in [2.24, 2.45) is 0 Å². The normalized spacial score (nSPS) is 12.1. The lowest BCUT2D eigenvalue weighted by molar-refractivity contribution is 0.153. The molecule has 2 rings (SSSR count). The number of sulfonamides is 1. The molecule has 0 bridgehead atoms. The van der Waals surface area contributed by atoms with E-state index in [9.17, 15) is 8.42 Å². The highest BCUT2D eigenvalue weighted by molar-refractivity contribution is 7.89. The minimum Gasteiger partial charge on any atom is -0.290 e. The Labute approximate surface area is 90.2 Å². The van der Waals surface area contributed by atoms with Gasteiger partial charge in [-0.3, -0.25) is 4.84 Å². The summed E-state index contributed by atoms with van der Waals surface area (Å²) in [4.78, 5) is 6.40. The molecule has 0 spiro atoms. The van der Waals surface area contributed by atoms with Gasteiger partial charge in [0, 0.05) is 0 Å². The maximum absolute atomic E-state index is 11.6. The zero-order valence-corrected chi connectivity index (χ0v) is 9.30. The van der Waals surface area contributed by atoms with E-state index in [0.717, 1.165) is 11.7 Å². The lowest BCUT2D eigenvalue weighted by Gasteiger charge is -2.03. The quantitative estimate of drug-likeness (QED) is 0.798. The first-order chi connectivity index (χ1) is 7.15. The van der Waals surface area contributed by atoms with Crippen LogP contribution in [0.1, 0.15) is 0 Å². The van der Waals surface area contributed by atoms with Gasteiger partial charge in [-0.1, -0.05) is 11.0 Å². The van der Waals surface area contributed by atoms with Crippen LogP contribution < -0.4 is 4.89 Å². The number of aromatic nitrogens is 2. The first-order valence-electron chi connectivity index (χ1n) is 3.91. The Morgan fingerprint density at radius 2 is 2.20 bits per heavy atom. The topological polar surface area (TPSA) is 81.2 Å². The Bertz CT molecular complexity index is 578. The second kappa shape index (κ2) is 3.81. The van der Waals surface area contributed by atoms with Crippen LogP contribution in [0, 0.1) is 0 Å². The van der Waals surface area contributed by atoms with Crippen LogP contribution in [-0.4, -0.2) is 24.3 Å². The van der Waals surface area contributed by atoms with Gasteiger partial charge in [-0.2, -0.15) is 8.75 Å². The van der Waals surface area contributed by atoms with Crippen molar-refractivity contribution in [3.05, 3.63) is 18.2 Å². The van der Waals surface area contributed by atoms with Crippen molar-refractivity contribution in [3.63, 3.8) is 0 Å². The van der Waals surface area contributed by atoms with Crippen LogP contribution in [0.15, 0.2) is 23.1 Å². The van der Waals surface area contributed by atoms with E-state index in [0.29, 0.717) is 11.0 Å². The number of nitrogens with zero attached hydrogens (tertiary/aromatic N) is 2. The highest BCUT2D eigenvalue weighted by atomic mass is 32.2. The summed E-state index contributed by atoms with van der Waals surface area (Å²) in [5, 5.41) is 0. The monoisotopic (exact) mass is 245 g/mol. The number of hydrogen-bond acceptors (Lipinski definition) is 6. The lowest BCUT2D eigenvalue weighted by atomic mass is 10.3. The van der Waals surface area contributed by atoms with E-state index in [1.807, 2.05) is 4.89 Å². The predicted molar refractivity (Wildman–Crippen MR) is 54.7 cm³/mol. The Morgan fingerprint density at radius 1 is 1.40 bits per heavy atom. The van der Waals surface area contributed by atoms with E-state index in [1.54, 1.807) is 12.1 Å². The van der Waals surface area contributed by atoms with Crippen molar-refractivity contribution in [2.75, 3.05) is 7.11 Å². The molecule has 2 aromatic rings. The third kappa shape index (κ3) is 1.84. The summed E-state index contributed by atoms with van der Waals surface area (Å²) in [7, 11) is -2.44. The molecule has 0 aliphatic carbocycles. The highest BCUT2D eigenvalue weighted by Gasteiger charge is 2.18. The van der Waals surface area contributed by atoms with Gasteiger partial charge < -0.3 is 0 Å². The average Bonchev–Trinajstić information content (AvgIpc) is 2.64. The minimum atomic E-state index is -3.67. The van der Waals surface area contributed by atoms with Gasteiger partial charge in [0.25, 0.3) is 10.0 Å². The zero-order chi connectivity index (χ0) is 10.9. The molecule has 0 amide bonds. The summed E-state index contributed by atoms with van der Waals surface area (Å²) >= 11 is 0.968. The molecule has 1 N–H and O–H groups in total. The fourth-order valence-electron chi connectivity index (χ4n) is 1.15. The molecule has 1 aromatic heterocycles. The largest absolute Gasteiger partial charge is 0.290 e. The van der Waals surface area contributed by atoms with Crippen LogP contribution in [-0.2, 0) is 14.9 Å². The van der Waals surface area contributed by atoms with Crippen LogP contribution >= 0.6 is 11.7 Å². The minimum absolute atomic E-state index is 0.0654. The number of hydrogen-bond donors (Lipinski definition) is 1. The zero-order valence-electron chi connectivity index (χ0n) is 7.67. The van der Waals surface area contributed by atoms with E-state index in [2.05, 4.69) is 13.6 Å². The predicted octanol–water partition coefficient (Wildman–Crippen LogP) is 0.531. The molecule has 0 aliphatic heterocycles. The van der Waals surface area contributed by atoms with Crippen LogP contribution in [0.4, 0.5) is 0 Å². The number of fused-ring (bicyclic) bond motifs is 1. The maximum atomic E-state index is 11.6. The summed E-state index contributed by atoms with van der Waals surface area (Å²) in [5.74, 6) is 0. The van der Waals surface area contributed by atoms with Crippen molar-refractivity contribution >= 4 is 32.8 Å². The average molecular weight is 245 g/mol. The number of rotatable bonds is 3. The van der Waals surface area contributed by atoms with Crippen molar-refractivity contribution in [3.8, 4) is 0 Å². The van der Waals surface area contributed by atoms with Gasteiger partial charge >= 0.3 is 0 Å². The van der Waals surface area contributed by atoms with Crippen LogP contribution in [0.25, 0.3) is 11.0 Å². The van der Waals surface area contributed by atoms with E-state index in [1.165, 1.54) is 13.2 Å². The first-order valence-corrected chi connectivity index (χ1v) is 6.12. The lowest BCUT2D eigenvalue weighted by Crippen LogP contribution is -2.22. The number of nitrogens with one attached hydrogen (secondary N) is 1. The molecule has 1 heterocycles. The van der Waals surface area contributed by atoms with Crippen molar-refractivity contribution < 1.29 is 13.3 Å². The number of benzene rings is 1. The van der Waals surface area contributed by atoms with E-state index < -0.39 is 10.0 Å². The van der Waals surface area contributed by atoms with Crippen LogP contribution in [0.2, 0.25) is 0 Å². The molecule has 0 aliphatic rings. The second-order valence-corrected chi connectivity index (χ2v) is 4.82. The van der Waals surface area contributed by atoms with Gasteiger partial charge in [-0.25, -0.2) is 8.42 Å². The SMILES string of the molecule is CONS(=O)(=O)c1cccc2nsnc12. The first kappa shape index (κ1) is 10.4. The van der Waals surface area contributed by atoms with Crippen LogP contribution in [0.5, 0.6) is 0 Å². The summed E-state index contributed by atoms with van der Waals surface area (Å²) in [5.41, 5.74) is 0.908. The summed E-state index contributed by atoms with van der Waals surface area (Å²) in [6.07, 6.45) is 0. The van der Waals surface area contributed by atoms with E-state index in [-0.39, 0.29) is 4.90 Å². The van der Waals surface area contributed by atoms with Crippen molar-refractivity contribution in [1.29, 1.82) is 0 Å². The molecule has 0 unspecified atom stereocenters. The standard InChI is InChI=1S/C7H7N3O3S2/c1-13-10-15(11,12)6-4-2-3-5-7(6)9-14-8-5/h2-4,10H,1H3. The molecular weight excluding hydrogens is 238 g/mol.